The van der Waals surface area contributed by atoms with Crippen molar-refractivity contribution in [2.75, 3.05) is 11.5 Å². The van der Waals surface area contributed by atoms with E-state index in [0.29, 0.717) is 18.6 Å². The zero-order valence-corrected chi connectivity index (χ0v) is 15.2. The molecule has 7 nitrogen and oxygen atoms in total. The van der Waals surface area contributed by atoms with Crippen LogP contribution in [0.25, 0.3) is 16.8 Å². The van der Waals surface area contributed by atoms with Gasteiger partial charge < -0.3 is 5.32 Å². The van der Waals surface area contributed by atoms with Gasteiger partial charge in [-0.2, -0.15) is 0 Å². The Morgan fingerprint density at radius 3 is 2.69 bits per heavy atom. The first-order valence-corrected chi connectivity index (χ1v) is 10.3. The Hall–Kier alpha value is -2.45. The van der Waals surface area contributed by atoms with Crippen molar-refractivity contribution >= 4 is 15.5 Å². The van der Waals surface area contributed by atoms with Crippen LogP contribution in [0, 0.1) is 0 Å². The molecule has 3 aromatic rings. The lowest BCUT2D eigenvalue weighted by Gasteiger charge is -2.12. The summed E-state index contributed by atoms with van der Waals surface area (Å²) in [5.74, 6) is 0.393. The molecule has 4 rings (SSSR count). The van der Waals surface area contributed by atoms with Crippen molar-refractivity contribution in [3.63, 3.8) is 0 Å². The van der Waals surface area contributed by atoms with Gasteiger partial charge in [0.15, 0.2) is 15.5 Å². The average molecular weight is 372 g/mol. The maximum absolute atomic E-state index is 12.4. The Kier molecular flexibility index (Phi) is 4.16. The molecule has 0 unspecified atom stereocenters. The standard InChI is InChI=1S/C18H20N4O3S/c1-21-18(23)22-11-15(13-5-3-2-4-6-13)9-14(17(22)20-21)10-19-16-7-8-26(24,25)12-16/h2-6,9,11,16,19H,7-8,10,12H2,1H3/t16-/m0/s1. The van der Waals surface area contributed by atoms with E-state index in [1.165, 1.54) is 4.68 Å². The van der Waals surface area contributed by atoms with Crippen molar-refractivity contribution in [2.24, 2.45) is 7.05 Å². The van der Waals surface area contributed by atoms with Crippen molar-refractivity contribution in [1.82, 2.24) is 19.5 Å². The molecule has 1 atom stereocenters. The molecule has 136 valence electrons. The van der Waals surface area contributed by atoms with Crippen LogP contribution in [0.4, 0.5) is 0 Å². The lowest BCUT2D eigenvalue weighted by Crippen LogP contribution is -2.29. The second kappa shape index (κ2) is 6.37. The zero-order chi connectivity index (χ0) is 18.3. The summed E-state index contributed by atoms with van der Waals surface area (Å²) in [4.78, 5) is 12.4. The molecule has 0 radical (unpaired) electrons. The highest BCUT2D eigenvalue weighted by molar-refractivity contribution is 7.91. The molecule has 1 aliphatic heterocycles. The number of nitrogens with one attached hydrogen (secondary N) is 1. The Balaban J connectivity index is 1.72. The Morgan fingerprint density at radius 1 is 1.23 bits per heavy atom. The molecule has 26 heavy (non-hydrogen) atoms. The van der Waals surface area contributed by atoms with Crippen LogP contribution in [0.5, 0.6) is 0 Å². The van der Waals surface area contributed by atoms with Gasteiger partial charge in [-0.3, -0.25) is 0 Å². The topological polar surface area (TPSA) is 85.5 Å². The molecule has 0 amide bonds. The van der Waals surface area contributed by atoms with Crippen LogP contribution < -0.4 is 11.0 Å². The number of fused-ring (bicyclic) bond motifs is 1. The number of sulfone groups is 1. The van der Waals surface area contributed by atoms with Crippen LogP contribution in [-0.4, -0.2) is 40.1 Å². The molecule has 8 heteroatoms. The minimum absolute atomic E-state index is 0.0594. The molecular weight excluding hydrogens is 352 g/mol. The van der Waals surface area contributed by atoms with Crippen LogP contribution >= 0.6 is 0 Å². The fourth-order valence-electron chi connectivity index (χ4n) is 3.37. The quantitative estimate of drug-likeness (QED) is 0.738. The summed E-state index contributed by atoms with van der Waals surface area (Å²) < 4.78 is 26.2. The van der Waals surface area contributed by atoms with Crippen molar-refractivity contribution in [3.8, 4) is 11.1 Å². The van der Waals surface area contributed by atoms with Gasteiger partial charge in [-0.15, -0.1) is 5.10 Å². The predicted molar refractivity (Wildman–Crippen MR) is 99.8 cm³/mol. The molecule has 3 heterocycles. The summed E-state index contributed by atoms with van der Waals surface area (Å²) in [5.41, 5.74) is 3.18. The molecular formula is C18H20N4O3S. The molecule has 0 bridgehead atoms. The summed E-state index contributed by atoms with van der Waals surface area (Å²) in [6, 6.07) is 11.8. The molecule has 2 aromatic heterocycles. The summed E-state index contributed by atoms with van der Waals surface area (Å²) in [7, 11) is -1.31. The second-order valence-electron chi connectivity index (χ2n) is 6.70. The maximum atomic E-state index is 12.4. The normalized spacial score (nSPS) is 19.2. The summed E-state index contributed by atoms with van der Waals surface area (Å²) >= 11 is 0. The van der Waals surface area contributed by atoms with Gasteiger partial charge in [-0.1, -0.05) is 30.3 Å². The fraction of sp³-hybridized carbons (Fsp3) is 0.333. The molecule has 1 saturated heterocycles. The van der Waals surface area contributed by atoms with E-state index in [0.717, 1.165) is 16.7 Å². The third-order valence-corrected chi connectivity index (χ3v) is 6.53. The van der Waals surface area contributed by atoms with E-state index in [2.05, 4.69) is 10.4 Å². The minimum Gasteiger partial charge on any atom is -0.309 e. The SMILES string of the molecule is Cn1nc2c(CN[C@H]3CCS(=O)(=O)C3)cc(-c3ccccc3)cn2c1=O. The number of pyridine rings is 1. The van der Waals surface area contributed by atoms with Gasteiger partial charge in [0.2, 0.25) is 0 Å². The Morgan fingerprint density at radius 2 is 2.00 bits per heavy atom. The number of aryl methyl sites for hydroxylation is 1. The molecule has 1 fully saturated rings. The van der Waals surface area contributed by atoms with E-state index in [9.17, 15) is 13.2 Å². The fourth-order valence-corrected chi connectivity index (χ4v) is 5.08. The molecule has 1 aromatic carbocycles. The van der Waals surface area contributed by atoms with Crippen molar-refractivity contribution < 1.29 is 8.42 Å². The van der Waals surface area contributed by atoms with Crippen molar-refractivity contribution in [3.05, 3.63) is 58.6 Å². The van der Waals surface area contributed by atoms with Gasteiger partial charge in [0.05, 0.1) is 11.5 Å². The zero-order valence-electron chi connectivity index (χ0n) is 14.4. The highest BCUT2D eigenvalue weighted by Gasteiger charge is 2.27. The smallest absolute Gasteiger partial charge is 0.309 e. The van der Waals surface area contributed by atoms with E-state index in [-0.39, 0.29) is 23.2 Å². The third kappa shape index (κ3) is 3.17. The van der Waals surface area contributed by atoms with Crippen LogP contribution in [0.1, 0.15) is 12.0 Å². The number of benzene rings is 1. The van der Waals surface area contributed by atoms with Gasteiger partial charge >= 0.3 is 5.69 Å². The highest BCUT2D eigenvalue weighted by atomic mass is 32.2. The first-order valence-electron chi connectivity index (χ1n) is 8.50. The molecule has 1 aliphatic rings. The Bertz CT molecular complexity index is 1120. The lowest BCUT2D eigenvalue weighted by molar-refractivity contribution is 0.554. The maximum Gasteiger partial charge on any atom is 0.350 e. The molecule has 1 N–H and O–H groups in total. The minimum atomic E-state index is -2.93. The average Bonchev–Trinajstić information content (AvgIpc) is 3.13. The van der Waals surface area contributed by atoms with Crippen molar-refractivity contribution in [1.29, 1.82) is 0 Å². The molecule has 0 aliphatic carbocycles. The van der Waals surface area contributed by atoms with E-state index in [1.807, 2.05) is 36.4 Å². The number of aromatic nitrogens is 3. The van der Waals surface area contributed by atoms with Crippen molar-refractivity contribution in [2.45, 2.75) is 19.0 Å². The van der Waals surface area contributed by atoms with Crippen LogP contribution in [0.15, 0.2) is 47.4 Å². The summed E-state index contributed by atoms with van der Waals surface area (Å²) in [6.45, 7) is 0.459. The predicted octanol–water partition coefficient (Wildman–Crippen LogP) is 0.977. The van der Waals surface area contributed by atoms with Gasteiger partial charge in [-0.05, 0) is 23.6 Å². The van der Waals surface area contributed by atoms with Gasteiger partial charge in [-0.25, -0.2) is 22.3 Å². The summed E-state index contributed by atoms with van der Waals surface area (Å²) in [5, 5.41) is 7.64. The largest absolute Gasteiger partial charge is 0.350 e. The molecule has 0 spiro atoms. The third-order valence-electron chi connectivity index (χ3n) is 4.76. The van der Waals surface area contributed by atoms with Crippen LogP contribution in [0.3, 0.4) is 0 Å². The highest BCUT2D eigenvalue weighted by Crippen LogP contribution is 2.22. The van der Waals surface area contributed by atoms with Crippen LogP contribution in [-0.2, 0) is 23.4 Å². The van der Waals surface area contributed by atoms with E-state index >= 15 is 0 Å². The second-order valence-corrected chi connectivity index (χ2v) is 8.93. The lowest BCUT2D eigenvalue weighted by atomic mass is 10.1. The van der Waals surface area contributed by atoms with Gasteiger partial charge in [0, 0.05) is 31.4 Å². The Labute approximate surface area is 151 Å². The number of rotatable bonds is 4. The summed E-state index contributed by atoms with van der Waals surface area (Å²) in [6.07, 6.45) is 2.41. The van der Waals surface area contributed by atoms with Gasteiger partial charge in [0.25, 0.3) is 0 Å². The monoisotopic (exact) mass is 372 g/mol. The first-order chi connectivity index (χ1) is 12.4. The number of nitrogens with zero attached hydrogens (tertiary/aromatic N) is 3. The number of hydrogen-bond donors (Lipinski definition) is 1. The van der Waals surface area contributed by atoms with E-state index in [1.54, 1.807) is 17.6 Å². The first kappa shape index (κ1) is 17.0. The molecule has 0 saturated carbocycles. The van der Waals surface area contributed by atoms with Crippen LogP contribution in [0.2, 0.25) is 0 Å². The van der Waals surface area contributed by atoms with Gasteiger partial charge in [0.1, 0.15) is 0 Å². The van der Waals surface area contributed by atoms with E-state index < -0.39 is 9.84 Å². The number of hydrogen-bond acceptors (Lipinski definition) is 5. The van der Waals surface area contributed by atoms with E-state index in [4.69, 9.17) is 0 Å².